The van der Waals surface area contributed by atoms with Crippen LogP contribution in [0.1, 0.15) is 5.56 Å². The Morgan fingerprint density at radius 1 is 0.905 bits per heavy atom. The molecule has 4 nitrogen and oxygen atoms in total. The smallest absolute Gasteiger partial charge is 0.145 e. The molecule has 0 bridgehead atoms. The van der Waals surface area contributed by atoms with Crippen LogP contribution < -0.4 is 5.32 Å². The van der Waals surface area contributed by atoms with Crippen molar-refractivity contribution in [3.8, 4) is 29.3 Å². The first kappa shape index (κ1) is 13.9. The Morgan fingerprint density at radius 2 is 1.62 bits per heavy atom. The van der Waals surface area contributed by atoms with Gasteiger partial charge in [-0.15, -0.1) is 0 Å². The molecule has 98 valence electrons. The Hall–Kier alpha value is -3.55. The van der Waals surface area contributed by atoms with E-state index in [-0.39, 0.29) is 5.57 Å². The molecule has 2 aromatic carbocycles. The quantitative estimate of drug-likeness (QED) is 0.864. The van der Waals surface area contributed by atoms with Crippen molar-refractivity contribution in [1.29, 1.82) is 15.8 Å². The number of anilines is 1. The molecule has 4 heteroatoms. The van der Waals surface area contributed by atoms with Crippen molar-refractivity contribution in [2.24, 2.45) is 0 Å². The van der Waals surface area contributed by atoms with Gasteiger partial charge in [-0.3, -0.25) is 0 Å². The van der Waals surface area contributed by atoms with Crippen molar-refractivity contribution in [3.05, 3.63) is 65.9 Å². The van der Waals surface area contributed by atoms with Crippen molar-refractivity contribution < 1.29 is 0 Å². The predicted octanol–water partition coefficient (Wildman–Crippen LogP) is 3.57. The molecule has 0 fully saturated rings. The van der Waals surface area contributed by atoms with E-state index >= 15 is 0 Å². The molecule has 0 saturated carbocycles. The monoisotopic (exact) mass is 270 g/mol. The summed E-state index contributed by atoms with van der Waals surface area (Å²) in [6, 6.07) is 20.5. The molecule has 0 aliphatic rings. The van der Waals surface area contributed by atoms with Gasteiger partial charge in [0.1, 0.15) is 17.7 Å². The van der Waals surface area contributed by atoms with Crippen LogP contribution in [0.25, 0.3) is 11.1 Å². The average Bonchev–Trinajstić information content (AvgIpc) is 2.56. The van der Waals surface area contributed by atoms with E-state index in [1.807, 2.05) is 42.5 Å². The Balaban J connectivity index is 2.20. The van der Waals surface area contributed by atoms with Gasteiger partial charge in [-0.25, -0.2) is 0 Å². The van der Waals surface area contributed by atoms with Crippen LogP contribution in [0.2, 0.25) is 0 Å². The van der Waals surface area contributed by atoms with Gasteiger partial charge in [0.2, 0.25) is 0 Å². The molecule has 0 unspecified atom stereocenters. The number of hydrogen-bond acceptors (Lipinski definition) is 4. The average molecular weight is 270 g/mol. The minimum atomic E-state index is 0.0146. The minimum Gasteiger partial charge on any atom is -0.360 e. The van der Waals surface area contributed by atoms with E-state index in [4.69, 9.17) is 15.8 Å². The van der Waals surface area contributed by atoms with Crippen molar-refractivity contribution in [1.82, 2.24) is 0 Å². The summed E-state index contributed by atoms with van der Waals surface area (Å²) in [4.78, 5) is 0. The van der Waals surface area contributed by atoms with Crippen LogP contribution in [0.15, 0.2) is 60.3 Å². The molecule has 0 atom stereocenters. The summed E-state index contributed by atoms with van der Waals surface area (Å²) >= 11 is 0. The van der Waals surface area contributed by atoms with Gasteiger partial charge in [-0.1, -0.05) is 24.3 Å². The van der Waals surface area contributed by atoms with Gasteiger partial charge in [0.25, 0.3) is 0 Å². The number of rotatable bonds is 3. The zero-order valence-corrected chi connectivity index (χ0v) is 11.0. The Morgan fingerprint density at radius 3 is 2.24 bits per heavy atom. The van der Waals surface area contributed by atoms with Crippen LogP contribution in [0.5, 0.6) is 0 Å². The van der Waals surface area contributed by atoms with E-state index < -0.39 is 0 Å². The minimum absolute atomic E-state index is 0.0146. The largest absolute Gasteiger partial charge is 0.360 e. The van der Waals surface area contributed by atoms with Gasteiger partial charge in [-0.2, -0.15) is 15.8 Å². The van der Waals surface area contributed by atoms with Gasteiger partial charge >= 0.3 is 0 Å². The molecule has 0 saturated heterocycles. The zero-order valence-electron chi connectivity index (χ0n) is 11.0. The highest BCUT2D eigenvalue weighted by Crippen LogP contribution is 2.22. The molecule has 0 aromatic heterocycles. The van der Waals surface area contributed by atoms with E-state index in [0.29, 0.717) is 5.56 Å². The first-order valence-electron chi connectivity index (χ1n) is 6.14. The van der Waals surface area contributed by atoms with E-state index in [2.05, 4.69) is 11.4 Å². The second kappa shape index (κ2) is 6.57. The summed E-state index contributed by atoms with van der Waals surface area (Å²) in [6.45, 7) is 0. The first-order valence-corrected chi connectivity index (χ1v) is 6.14. The number of nitrogens with zero attached hydrogens (tertiary/aromatic N) is 3. The third-order valence-corrected chi connectivity index (χ3v) is 2.83. The lowest BCUT2D eigenvalue weighted by molar-refractivity contribution is 1.44. The maximum absolute atomic E-state index is 8.90. The van der Waals surface area contributed by atoms with E-state index in [0.717, 1.165) is 16.8 Å². The molecule has 2 aromatic rings. The van der Waals surface area contributed by atoms with Gasteiger partial charge in [-0.05, 0) is 35.4 Å². The second-order valence-corrected chi connectivity index (χ2v) is 4.20. The zero-order chi connectivity index (χ0) is 15.1. The second-order valence-electron chi connectivity index (χ2n) is 4.20. The van der Waals surface area contributed by atoms with Gasteiger partial charge in [0, 0.05) is 11.9 Å². The van der Waals surface area contributed by atoms with Crippen molar-refractivity contribution in [2.75, 3.05) is 5.32 Å². The van der Waals surface area contributed by atoms with Crippen molar-refractivity contribution >= 4 is 5.69 Å². The Labute approximate surface area is 122 Å². The number of hydrogen-bond donors (Lipinski definition) is 1. The Kier molecular flexibility index (Phi) is 4.34. The lowest BCUT2D eigenvalue weighted by Crippen LogP contribution is -1.89. The standard InChI is InChI=1S/C17H10N4/c18-9-13-2-1-3-16(8-13)15-4-6-17(7-5-15)21-12-14(10-19)11-20/h1-8,12,21H. The third kappa shape index (κ3) is 3.47. The lowest BCUT2D eigenvalue weighted by Gasteiger charge is -2.05. The fourth-order valence-electron chi connectivity index (χ4n) is 1.77. The fraction of sp³-hybridized carbons (Fsp3) is 0. The maximum atomic E-state index is 8.90. The number of benzene rings is 2. The van der Waals surface area contributed by atoms with E-state index in [9.17, 15) is 0 Å². The van der Waals surface area contributed by atoms with Gasteiger partial charge < -0.3 is 5.32 Å². The summed E-state index contributed by atoms with van der Waals surface area (Å²) in [5.41, 5.74) is 3.36. The topological polar surface area (TPSA) is 83.4 Å². The normalized spacial score (nSPS) is 8.81. The van der Waals surface area contributed by atoms with Crippen LogP contribution in [-0.4, -0.2) is 0 Å². The highest BCUT2D eigenvalue weighted by molar-refractivity contribution is 5.67. The van der Waals surface area contributed by atoms with E-state index in [1.165, 1.54) is 6.20 Å². The number of allylic oxidation sites excluding steroid dienone is 1. The fourth-order valence-corrected chi connectivity index (χ4v) is 1.77. The van der Waals surface area contributed by atoms with Crippen molar-refractivity contribution in [2.45, 2.75) is 0 Å². The highest BCUT2D eigenvalue weighted by Gasteiger charge is 1.99. The molecular formula is C17H10N4. The van der Waals surface area contributed by atoms with Crippen LogP contribution in [0.3, 0.4) is 0 Å². The lowest BCUT2D eigenvalue weighted by atomic mass is 10.0. The van der Waals surface area contributed by atoms with Crippen LogP contribution in [-0.2, 0) is 0 Å². The molecule has 21 heavy (non-hydrogen) atoms. The summed E-state index contributed by atoms with van der Waals surface area (Å²) in [6.07, 6.45) is 1.37. The van der Waals surface area contributed by atoms with Gasteiger partial charge in [0.05, 0.1) is 11.6 Å². The third-order valence-electron chi connectivity index (χ3n) is 2.83. The van der Waals surface area contributed by atoms with Crippen LogP contribution in [0, 0.1) is 34.0 Å². The molecule has 1 N–H and O–H groups in total. The summed E-state index contributed by atoms with van der Waals surface area (Å²) in [5, 5.41) is 29.1. The first-order chi connectivity index (χ1) is 10.3. The molecule has 0 heterocycles. The Bertz CT molecular complexity index is 780. The molecule has 0 amide bonds. The molecule has 0 aliphatic carbocycles. The molecule has 0 aliphatic heterocycles. The predicted molar refractivity (Wildman–Crippen MR) is 79.5 cm³/mol. The number of nitriles is 3. The van der Waals surface area contributed by atoms with E-state index in [1.54, 1.807) is 18.2 Å². The summed E-state index contributed by atoms with van der Waals surface area (Å²) in [5.74, 6) is 0. The van der Waals surface area contributed by atoms with Crippen molar-refractivity contribution in [3.63, 3.8) is 0 Å². The molecule has 0 spiro atoms. The van der Waals surface area contributed by atoms with Crippen LogP contribution in [0.4, 0.5) is 5.69 Å². The SMILES string of the molecule is N#CC(C#N)=CNc1ccc(-c2cccc(C#N)c2)cc1. The van der Waals surface area contributed by atoms with Gasteiger partial charge in [0.15, 0.2) is 0 Å². The molecular weight excluding hydrogens is 260 g/mol. The maximum Gasteiger partial charge on any atom is 0.145 e. The molecule has 0 radical (unpaired) electrons. The molecule has 2 rings (SSSR count). The highest BCUT2D eigenvalue weighted by atomic mass is 14.8. The van der Waals surface area contributed by atoms with Crippen LogP contribution >= 0.6 is 0 Å². The summed E-state index contributed by atoms with van der Waals surface area (Å²) in [7, 11) is 0. The summed E-state index contributed by atoms with van der Waals surface area (Å²) < 4.78 is 0. The number of nitrogens with one attached hydrogen (secondary N) is 1.